The van der Waals surface area contributed by atoms with Crippen molar-refractivity contribution in [1.29, 1.82) is 0 Å². The standard InChI is InChI=1S/C20H19N/c1-14-7-8-16(15(2)13-14)9-10-17-11-12-20(21)19-6-4-3-5-18(17)19/h3-13H,21H2,1-2H3/b10-9-. The maximum atomic E-state index is 6.05. The summed E-state index contributed by atoms with van der Waals surface area (Å²) in [5.74, 6) is 0. The number of rotatable bonds is 2. The van der Waals surface area contributed by atoms with Crippen molar-refractivity contribution in [1.82, 2.24) is 0 Å². The second-order valence-corrected chi connectivity index (χ2v) is 5.48. The van der Waals surface area contributed by atoms with E-state index in [0.717, 1.165) is 11.1 Å². The fraction of sp³-hybridized carbons (Fsp3) is 0.100. The van der Waals surface area contributed by atoms with Crippen LogP contribution >= 0.6 is 0 Å². The number of aryl methyl sites for hydroxylation is 2. The molecule has 3 rings (SSSR count). The number of nitrogens with two attached hydrogens (primary N) is 1. The average molecular weight is 273 g/mol. The van der Waals surface area contributed by atoms with Crippen molar-refractivity contribution in [2.45, 2.75) is 13.8 Å². The minimum absolute atomic E-state index is 0.828. The van der Waals surface area contributed by atoms with E-state index in [1.54, 1.807) is 0 Å². The molecule has 3 aromatic rings. The number of benzene rings is 3. The van der Waals surface area contributed by atoms with Gasteiger partial charge in [0.2, 0.25) is 0 Å². The van der Waals surface area contributed by atoms with Crippen molar-refractivity contribution in [3.8, 4) is 0 Å². The molecule has 1 nitrogen and oxygen atoms in total. The van der Waals surface area contributed by atoms with Gasteiger partial charge >= 0.3 is 0 Å². The number of anilines is 1. The van der Waals surface area contributed by atoms with Gasteiger partial charge in [-0.15, -0.1) is 0 Å². The van der Waals surface area contributed by atoms with E-state index in [2.05, 4.69) is 68.5 Å². The summed E-state index contributed by atoms with van der Waals surface area (Å²) in [6.45, 7) is 4.27. The van der Waals surface area contributed by atoms with E-state index in [1.807, 2.05) is 12.1 Å². The maximum absolute atomic E-state index is 6.05. The lowest BCUT2D eigenvalue weighted by atomic mass is 10.0. The molecular weight excluding hydrogens is 254 g/mol. The lowest BCUT2D eigenvalue weighted by Gasteiger charge is -2.06. The first-order chi connectivity index (χ1) is 10.1. The second kappa shape index (κ2) is 5.45. The van der Waals surface area contributed by atoms with Crippen molar-refractivity contribution < 1.29 is 0 Å². The molecule has 1 heteroatoms. The molecule has 104 valence electrons. The Balaban J connectivity index is 2.06. The van der Waals surface area contributed by atoms with Gasteiger partial charge in [-0.3, -0.25) is 0 Å². The zero-order chi connectivity index (χ0) is 14.8. The first-order valence-electron chi connectivity index (χ1n) is 7.18. The Morgan fingerprint density at radius 3 is 2.19 bits per heavy atom. The Labute approximate surface area is 125 Å². The van der Waals surface area contributed by atoms with Gasteiger partial charge in [-0.1, -0.05) is 66.2 Å². The van der Waals surface area contributed by atoms with Crippen LogP contribution in [0.5, 0.6) is 0 Å². The third-order valence-electron chi connectivity index (χ3n) is 3.86. The van der Waals surface area contributed by atoms with Crippen LogP contribution in [0, 0.1) is 13.8 Å². The lowest BCUT2D eigenvalue weighted by molar-refractivity contribution is 1.37. The van der Waals surface area contributed by atoms with E-state index in [-0.39, 0.29) is 0 Å². The summed E-state index contributed by atoms with van der Waals surface area (Å²) in [6.07, 6.45) is 4.34. The number of fused-ring (bicyclic) bond motifs is 1. The van der Waals surface area contributed by atoms with Crippen LogP contribution in [0.3, 0.4) is 0 Å². The van der Waals surface area contributed by atoms with Crippen molar-refractivity contribution in [2.24, 2.45) is 0 Å². The Morgan fingerprint density at radius 2 is 1.43 bits per heavy atom. The SMILES string of the molecule is Cc1ccc(/C=C\c2ccc(N)c3ccccc23)c(C)c1. The topological polar surface area (TPSA) is 26.0 Å². The van der Waals surface area contributed by atoms with E-state index in [0.29, 0.717) is 0 Å². The van der Waals surface area contributed by atoms with Crippen LogP contribution < -0.4 is 5.73 Å². The van der Waals surface area contributed by atoms with Gasteiger partial charge in [-0.2, -0.15) is 0 Å². The molecule has 0 atom stereocenters. The molecule has 0 fully saturated rings. The highest BCUT2D eigenvalue weighted by atomic mass is 14.5. The summed E-state index contributed by atoms with van der Waals surface area (Å²) < 4.78 is 0. The monoisotopic (exact) mass is 273 g/mol. The van der Waals surface area contributed by atoms with Crippen molar-refractivity contribution in [3.63, 3.8) is 0 Å². The fourth-order valence-corrected chi connectivity index (χ4v) is 2.68. The van der Waals surface area contributed by atoms with Gasteiger partial charge in [-0.25, -0.2) is 0 Å². The summed E-state index contributed by atoms with van der Waals surface area (Å²) in [6, 6.07) is 18.8. The molecule has 0 spiro atoms. The minimum Gasteiger partial charge on any atom is -0.398 e. The molecule has 0 radical (unpaired) electrons. The molecule has 0 saturated heterocycles. The third-order valence-corrected chi connectivity index (χ3v) is 3.86. The van der Waals surface area contributed by atoms with E-state index >= 15 is 0 Å². The molecule has 0 heterocycles. The van der Waals surface area contributed by atoms with Crippen LogP contribution in [0.1, 0.15) is 22.3 Å². The highest BCUT2D eigenvalue weighted by molar-refractivity contribution is 5.99. The van der Waals surface area contributed by atoms with Crippen LogP contribution in [0.25, 0.3) is 22.9 Å². The molecular formula is C20H19N. The fourth-order valence-electron chi connectivity index (χ4n) is 2.68. The summed E-state index contributed by atoms with van der Waals surface area (Å²) in [5.41, 5.74) is 11.9. The second-order valence-electron chi connectivity index (χ2n) is 5.48. The van der Waals surface area contributed by atoms with Crippen LogP contribution in [0.2, 0.25) is 0 Å². The smallest absolute Gasteiger partial charge is 0.0394 e. The summed E-state index contributed by atoms with van der Waals surface area (Å²) >= 11 is 0. The summed E-state index contributed by atoms with van der Waals surface area (Å²) in [7, 11) is 0. The molecule has 0 aliphatic heterocycles. The predicted octanol–water partition coefficient (Wildman–Crippen LogP) is 5.21. The highest BCUT2D eigenvalue weighted by Gasteiger charge is 2.01. The quantitative estimate of drug-likeness (QED) is 0.503. The minimum atomic E-state index is 0.828. The van der Waals surface area contributed by atoms with Gasteiger partial charge in [-0.05, 0) is 42.0 Å². The van der Waals surface area contributed by atoms with Gasteiger partial charge < -0.3 is 5.73 Å². The van der Waals surface area contributed by atoms with Crippen molar-refractivity contribution in [3.05, 3.63) is 76.9 Å². The highest BCUT2D eigenvalue weighted by Crippen LogP contribution is 2.26. The van der Waals surface area contributed by atoms with Gasteiger partial charge in [0.15, 0.2) is 0 Å². The van der Waals surface area contributed by atoms with Crippen LogP contribution in [0.4, 0.5) is 5.69 Å². The van der Waals surface area contributed by atoms with E-state index in [1.165, 1.54) is 27.6 Å². The van der Waals surface area contributed by atoms with Crippen LogP contribution in [-0.2, 0) is 0 Å². The molecule has 0 bridgehead atoms. The molecule has 0 amide bonds. The van der Waals surface area contributed by atoms with E-state index in [4.69, 9.17) is 5.73 Å². The van der Waals surface area contributed by atoms with E-state index in [9.17, 15) is 0 Å². The molecule has 0 saturated carbocycles. The molecule has 2 N–H and O–H groups in total. The van der Waals surface area contributed by atoms with Gasteiger partial charge in [0.05, 0.1) is 0 Å². The Morgan fingerprint density at radius 1 is 0.762 bits per heavy atom. The first kappa shape index (κ1) is 13.4. The van der Waals surface area contributed by atoms with E-state index < -0.39 is 0 Å². The Kier molecular flexibility index (Phi) is 3.49. The van der Waals surface area contributed by atoms with Crippen molar-refractivity contribution in [2.75, 3.05) is 5.73 Å². The number of hydrogen-bond donors (Lipinski definition) is 1. The third kappa shape index (κ3) is 2.68. The van der Waals surface area contributed by atoms with Crippen molar-refractivity contribution >= 4 is 28.6 Å². The predicted molar refractivity (Wildman–Crippen MR) is 93.2 cm³/mol. The van der Waals surface area contributed by atoms with Crippen LogP contribution in [0.15, 0.2) is 54.6 Å². The summed E-state index contributed by atoms with van der Waals surface area (Å²) in [4.78, 5) is 0. The van der Waals surface area contributed by atoms with Crippen LogP contribution in [-0.4, -0.2) is 0 Å². The Bertz CT molecular complexity index is 828. The maximum Gasteiger partial charge on any atom is 0.0394 e. The Hall–Kier alpha value is -2.54. The summed E-state index contributed by atoms with van der Waals surface area (Å²) in [5, 5.41) is 2.30. The number of nitrogen functional groups attached to an aromatic ring is 1. The molecule has 21 heavy (non-hydrogen) atoms. The molecule has 0 unspecified atom stereocenters. The molecule has 3 aromatic carbocycles. The zero-order valence-electron chi connectivity index (χ0n) is 12.4. The average Bonchev–Trinajstić information content (AvgIpc) is 2.48. The molecule has 0 aliphatic carbocycles. The normalized spacial score (nSPS) is 11.3. The van der Waals surface area contributed by atoms with Gasteiger partial charge in [0.1, 0.15) is 0 Å². The largest absolute Gasteiger partial charge is 0.398 e. The molecule has 0 aromatic heterocycles. The number of hydrogen-bond acceptors (Lipinski definition) is 1. The molecule has 0 aliphatic rings. The van der Waals surface area contributed by atoms with Gasteiger partial charge in [0.25, 0.3) is 0 Å². The first-order valence-corrected chi connectivity index (χ1v) is 7.18. The van der Waals surface area contributed by atoms with Gasteiger partial charge in [0, 0.05) is 11.1 Å². The lowest BCUT2D eigenvalue weighted by Crippen LogP contribution is -1.88. The zero-order valence-corrected chi connectivity index (χ0v) is 12.4.